The monoisotopic (exact) mass is 238 g/mol. The quantitative estimate of drug-likeness (QED) is 0.682. The van der Waals surface area contributed by atoms with Gasteiger partial charge in [0.25, 0.3) is 0 Å². The van der Waals surface area contributed by atoms with E-state index in [0.717, 1.165) is 25.2 Å². The third-order valence-electron chi connectivity index (χ3n) is 2.51. The van der Waals surface area contributed by atoms with E-state index in [4.69, 9.17) is 9.84 Å². The van der Waals surface area contributed by atoms with E-state index >= 15 is 0 Å². The van der Waals surface area contributed by atoms with Crippen molar-refractivity contribution >= 4 is 5.82 Å². The summed E-state index contributed by atoms with van der Waals surface area (Å²) in [6.45, 7) is 5.75. The summed E-state index contributed by atoms with van der Waals surface area (Å²) < 4.78 is 5.32. The molecule has 1 rings (SSSR count). The highest BCUT2D eigenvalue weighted by molar-refractivity contribution is 5.36. The van der Waals surface area contributed by atoms with Crippen LogP contribution in [0.15, 0.2) is 18.2 Å². The van der Waals surface area contributed by atoms with Crippen LogP contribution in [0.2, 0.25) is 0 Å². The van der Waals surface area contributed by atoms with Gasteiger partial charge in [-0.2, -0.15) is 4.98 Å². The predicted molar refractivity (Wildman–Crippen MR) is 69.4 cm³/mol. The Balaban J connectivity index is 2.28. The van der Waals surface area contributed by atoms with Gasteiger partial charge in [-0.1, -0.05) is 13.0 Å². The van der Waals surface area contributed by atoms with E-state index < -0.39 is 0 Å². The first kappa shape index (κ1) is 13.8. The number of hydrogen-bond acceptors (Lipinski definition) is 4. The van der Waals surface area contributed by atoms with Crippen LogP contribution in [0, 0.1) is 5.92 Å². The second-order valence-corrected chi connectivity index (χ2v) is 4.15. The lowest BCUT2D eigenvalue weighted by Crippen LogP contribution is -2.07. The Hall–Kier alpha value is -1.29. The number of nitrogens with one attached hydrogen (secondary N) is 1. The molecule has 0 bridgehead atoms. The van der Waals surface area contributed by atoms with Crippen molar-refractivity contribution in [2.24, 2.45) is 5.92 Å². The summed E-state index contributed by atoms with van der Waals surface area (Å²) in [6.07, 6.45) is 2.05. The van der Waals surface area contributed by atoms with E-state index in [1.807, 2.05) is 32.0 Å². The molecule has 0 aliphatic rings. The highest BCUT2D eigenvalue weighted by atomic mass is 16.5. The number of pyridine rings is 1. The molecule has 0 saturated carbocycles. The molecule has 1 heterocycles. The van der Waals surface area contributed by atoms with Crippen LogP contribution < -0.4 is 10.1 Å². The summed E-state index contributed by atoms with van der Waals surface area (Å²) in [5.41, 5.74) is 0. The molecule has 1 aromatic heterocycles. The molecule has 2 N–H and O–H groups in total. The molecule has 0 aromatic carbocycles. The van der Waals surface area contributed by atoms with Gasteiger partial charge >= 0.3 is 0 Å². The molecular weight excluding hydrogens is 216 g/mol. The lowest BCUT2D eigenvalue weighted by Gasteiger charge is -2.09. The summed E-state index contributed by atoms with van der Waals surface area (Å²) in [6, 6.07) is 5.71. The van der Waals surface area contributed by atoms with Crippen LogP contribution in [0.5, 0.6) is 5.88 Å². The first-order valence-corrected chi connectivity index (χ1v) is 6.20. The molecule has 1 unspecified atom stereocenters. The van der Waals surface area contributed by atoms with E-state index in [-0.39, 0.29) is 6.61 Å². The third kappa shape index (κ3) is 5.54. The standard InChI is InChI=1S/C13H22N2O2/c1-3-17-13-8-4-7-12(15-13)14-9-5-6-11(2)10-16/h4,7-8,11,16H,3,5-6,9-10H2,1-2H3,(H,14,15). The topological polar surface area (TPSA) is 54.4 Å². The molecule has 0 aliphatic carbocycles. The van der Waals surface area contributed by atoms with Crippen molar-refractivity contribution < 1.29 is 9.84 Å². The maximum absolute atomic E-state index is 8.90. The Bertz CT molecular complexity index is 318. The number of rotatable bonds is 8. The molecular formula is C13H22N2O2. The minimum Gasteiger partial charge on any atom is -0.478 e. The molecule has 0 amide bonds. The van der Waals surface area contributed by atoms with Gasteiger partial charge in [0.15, 0.2) is 0 Å². The van der Waals surface area contributed by atoms with E-state index in [1.54, 1.807) is 0 Å². The fourth-order valence-electron chi connectivity index (χ4n) is 1.50. The van der Waals surface area contributed by atoms with Gasteiger partial charge in [0.05, 0.1) is 6.61 Å². The molecule has 0 radical (unpaired) electrons. The maximum atomic E-state index is 8.90. The van der Waals surface area contributed by atoms with Crippen LogP contribution in [0.3, 0.4) is 0 Å². The van der Waals surface area contributed by atoms with Crippen LogP contribution >= 0.6 is 0 Å². The van der Waals surface area contributed by atoms with E-state index in [0.29, 0.717) is 18.4 Å². The Morgan fingerprint density at radius 1 is 1.47 bits per heavy atom. The Labute approximate surface area is 103 Å². The van der Waals surface area contributed by atoms with Gasteiger partial charge in [0.2, 0.25) is 5.88 Å². The van der Waals surface area contributed by atoms with Crippen molar-refractivity contribution in [1.82, 2.24) is 4.98 Å². The minimum atomic E-state index is 0.262. The highest BCUT2D eigenvalue weighted by Crippen LogP contribution is 2.12. The van der Waals surface area contributed by atoms with Gasteiger partial charge in [-0.3, -0.25) is 0 Å². The lowest BCUT2D eigenvalue weighted by atomic mass is 10.1. The molecule has 0 saturated heterocycles. The smallest absolute Gasteiger partial charge is 0.215 e. The molecule has 0 fully saturated rings. The van der Waals surface area contributed by atoms with Crippen molar-refractivity contribution in [3.05, 3.63) is 18.2 Å². The molecule has 96 valence electrons. The average molecular weight is 238 g/mol. The van der Waals surface area contributed by atoms with Crippen molar-refractivity contribution in [2.45, 2.75) is 26.7 Å². The van der Waals surface area contributed by atoms with Crippen LogP contribution in [0.25, 0.3) is 0 Å². The van der Waals surface area contributed by atoms with Gasteiger partial charge in [-0.25, -0.2) is 0 Å². The van der Waals surface area contributed by atoms with E-state index in [2.05, 4.69) is 10.3 Å². The molecule has 17 heavy (non-hydrogen) atoms. The molecule has 1 atom stereocenters. The predicted octanol–water partition coefficient (Wildman–Crippen LogP) is 2.30. The number of hydrogen-bond donors (Lipinski definition) is 2. The highest BCUT2D eigenvalue weighted by Gasteiger charge is 2.00. The van der Waals surface area contributed by atoms with Crippen LogP contribution in [0.1, 0.15) is 26.7 Å². The van der Waals surface area contributed by atoms with Gasteiger partial charge in [-0.15, -0.1) is 0 Å². The van der Waals surface area contributed by atoms with Crippen molar-refractivity contribution in [3.8, 4) is 5.88 Å². The average Bonchev–Trinajstić information content (AvgIpc) is 2.35. The first-order chi connectivity index (χ1) is 8.26. The largest absolute Gasteiger partial charge is 0.478 e. The number of anilines is 1. The molecule has 4 heteroatoms. The Morgan fingerprint density at radius 2 is 2.29 bits per heavy atom. The first-order valence-electron chi connectivity index (χ1n) is 6.20. The SMILES string of the molecule is CCOc1cccc(NCCCC(C)CO)n1. The molecule has 4 nitrogen and oxygen atoms in total. The summed E-state index contributed by atoms with van der Waals surface area (Å²) in [5, 5.41) is 12.1. The van der Waals surface area contributed by atoms with Crippen LogP contribution in [-0.2, 0) is 0 Å². The fraction of sp³-hybridized carbons (Fsp3) is 0.615. The number of nitrogens with zero attached hydrogens (tertiary/aromatic N) is 1. The van der Waals surface area contributed by atoms with Crippen LogP contribution in [0.4, 0.5) is 5.82 Å². The summed E-state index contributed by atoms with van der Waals surface area (Å²) in [4.78, 5) is 4.32. The zero-order valence-electron chi connectivity index (χ0n) is 10.6. The zero-order valence-corrected chi connectivity index (χ0v) is 10.6. The zero-order chi connectivity index (χ0) is 12.5. The number of ether oxygens (including phenoxy) is 1. The summed E-state index contributed by atoms with van der Waals surface area (Å²) in [5.74, 6) is 1.87. The van der Waals surface area contributed by atoms with Gasteiger partial charge in [-0.05, 0) is 31.7 Å². The normalized spacial score (nSPS) is 12.2. The second-order valence-electron chi connectivity index (χ2n) is 4.15. The Kier molecular flexibility index (Phi) is 6.40. The molecule has 1 aromatic rings. The fourth-order valence-corrected chi connectivity index (χ4v) is 1.50. The lowest BCUT2D eigenvalue weighted by molar-refractivity contribution is 0.229. The van der Waals surface area contributed by atoms with Crippen molar-refractivity contribution in [1.29, 1.82) is 0 Å². The molecule has 0 spiro atoms. The maximum Gasteiger partial charge on any atom is 0.215 e. The summed E-state index contributed by atoms with van der Waals surface area (Å²) in [7, 11) is 0. The van der Waals surface area contributed by atoms with Crippen LogP contribution in [-0.4, -0.2) is 29.8 Å². The van der Waals surface area contributed by atoms with E-state index in [9.17, 15) is 0 Å². The van der Waals surface area contributed by atoms with Crippen molar-refractivity contribution in [3.63, 3.8) is 0 Å². The van der Waals surface area contributed by atoms with Gasteiger partial charge in [0.1, 0.15) is 5.82 Å². The third-order valence-corrected chi connectivity index (χ3v) is 2.51. The number of aliphatic hydroxyl groups is 1. The minimum absolute atomic E-state index is 0.262. The Morgan fingerprint density at radius 3 is 3.00 bits per heavy atom. The number of aliphatic hydroxyl groups excluding tert-OH is 1. The van der Waals surface area contributed by atoms with Crippen molar-refractivity contribution in [2.75, 3.05) is 25.1 Å². The van der Waals surface area contributed by atoms with E-state index in [1.165, 1.54) is 0 Å². The van der Waals surface area contributed by atoms with Gasteiger partial charge < -0.3 is 15.2 Å². The molecule has 0 aliphatic heterocycles. The van der Waals surface area contributed by atoms with Gasteiger partial charge in [0, 0.05) is 19.2 Å². The number of aromatic nitrogens is 1. The second kappa shape index (κ2) is 7.90. The summed E-state index contributed by atoms with van der Waals surface area (Å²) >= 11 is 0.